The number of nitrogens with zero attached hydrogens (tertiary/aromatic N) is 3. The summed E-state index contributed by atoms with van der Waals surface area (Å²) in [4.78, 5) is 5.74. The lowest BCUT2D eigenvalue weighted by molar-refractivity contribution is -0.137. The van der Waals surface area contributed by atoms with Crippen LogP contribution in [0.3, 0.4) is 0 Å². The van der Waals surface area contributed by atoms with Crippen LogP contribution in [0.4, 0.5) is 18.9 Å². The highest BCUT2D eigenvalue weighted by Crippen LogP contribution is 2.34. The van der Waals surface area contributed by atoms with E-state index in [0.717, 1.165) is 11.8 Å². The van der Waals surface area contributed by atoms with Crippen molar-refractivity contribution in [3.8, 4) is 11.9 Å². The Hall–Kier alpha value is -2.46. The summed E-state index contributed by atoms with van der Waals surface area (Å²) in [6, 6.07) is 10.1. The van der Waals surface area contributed by atoms with E-state index in [-0.39, 0.29) is 17.0 Å². The van der Waals surface area contributed by atoms with E-state index in [1.54, 1.807) is 18.2 Å². The lowest BCUT2D eigenvalue weighted by Crippen LogP contribution is -2.25. The van der Waals surface area contributed by atoms with Gasteiger partial charge in [0, 0.05) is 24.8 Å². The van der Waals surface area contributed by atoms with Gasteiger partial charge in [0.1, 0.15) is 11.1 Å². The molecule has 0 aliphatic carbocycles. The molecule has 0 saturated carbocycles. The van der Waals surface area contributed by atoms with Crippen LogP contribution in [0.15, 0.2) is 36.5 Å². The van der Waals surface area contributed by atoms with E-state index in [2.05, 4.69) is 11.1 Å². The van der Waals surface area contributed by atoms with Crippen molar-refractivity contribution < 1.29 is 17.9 Å². The van der Waals surface area contributed by atoms with Crippen LogP contribution in [-0.4, -0.2) is 24.2 Å². The number of benzene rings is 1. The van der Waals surface area contributed by atoms with E-state index in [0.29, 0.717) is 31.3 Å². The van der Waals surface area contributed by atoms with Crippen molar-refractivity contribution in [2.24, 2.45) is 0 Å². The highest BCUT2D eigenvalue weighted by atomic mass is 35.5. The molecule has 0 N–H and O–H groups in total. The molecule has 1 fully saturated rings. The number of aromatic nitrogens is 1. The van der Waals surface area contributed by atoms with Gasteiger partial charge in [-0.2, -0.15) is 18.4 Å². The van der Waals surface area contributed by atoms with Crippen LogP contribution in [0.5, 0.6) is 5.88 Å². The molecule has 1 unspecified atom stereocenters. The minimum Gasteiger partial charge on any atom is -0.471 e. The van der Waals surface area contributed by atoms with Crippen LogP contribution in [0.25, 0.3) is 0 Å². The van der Waals surface area contributed by atoms with Crippen molar-refractivity contribution in [1.29, 1.82) is 5.26 Å². The van der Waals surface area contributed by atoms with Gasteiger partial charge in [0.05, 0.1) is 23.7 Å². The molecule has 4 nitrogen and oxygen atoms in total. The smallest absolute Gasteiger partial charge is 0.417 e. The van der Waals surface area contributed by atoms with Gasteiger partial charge in [-0.3, -0.25) is 0 Å². The van der Waals surface area contributed by atoms with Gasteiger partial charge < -0.3 is 9.64 Å². The lowest BCUT2D eigenvalue weighted by Gasteiger charge is -2.19. The molecular formula is C17H13ClF3N3O. The van der Waals surface area contributed by atoms with Gasteiger partial charge >= 0.3 is 6.18 Å². The van der Waals surface area contributed by atoms with E-state index in [1.807, 2.05) is 11.0 Å². The molecule has 3 rings (SSSR count). The van der Waals surface area contributed by atoms with Gasteiger partial charge in [0.25, 0.3) is 0 Å². The van der Waals surface area contributed by atoms with E-state index in [1.165, 1.54) is 0 Å². The average Bonchev–Trinajstić information content (AvgIpc) is 3.04. The summed E-state index contributed by atoms with van der Waals surface area (Å²) in [6.07, 6.45) is -3.35. The topological polar surface area (TPSA) is 49.2 Å². The predicted octanol–water partition coefficient (Wildman–Crippen LogP) is 4.28. The molecule has 2 heterocycles. The second-order valence-corrected chi connectivity index (χ2v) is 6.05. The summed E-state index contributed by atoms with van der Waals surface area (Å²) in [5.74, 6) is -0.00714. The average molecular weight is 368 g/mol. The van der Waals surface area contributed by atoms with Crippen molar-refractivity contribution in [3.05, 3.63) is 52.7 Å². The summed E-state index contributed by atoms with van der Waals surface area (Å²) in [6.45, 7) is 1.24. The second-order valence-electron chi connectivity index (χ2n) is 5.65. The molecule has 0 spiro atoms. The van der Waals surface area contributed by atoms with Gasteiger partial charge in [-0.25, -0.2) is 4.98 Å². The van der Waals surface area contributed by atoms with E-state index in [4.69, 9.17) is 21.6 Å². The van der Waals surface area contributed by atoms with Crippen molar-refractivity contribution in [2.75, 3.05) is 18.0 Å². The van der Waals surface area contributed by atoms with Crippen LogP contribution in [0, 0.1) is 11.3 Å². The van der Waals surface area contributed by atoms with Crippen molar-refractivity contribution in [3.63, 3.8) is 0 Å². The van der Waals surface area contributed by atoms with E-state index >= 15 is 0 Å². The number of halogens is 4. The fraction of sp³-hybridized carbons (Fsp3) is 0.294. The predicted molar refractivity (Wildman–Crippen MR) is 86.7 cm³/mol. The van der Waals surface area contributed by atoms with Crippen LogP contribution in [-0.2, 0) is 6.18 Å². The molecule has 1 atom stereocenters. The number of ether oxygens (including phenoxy) is 1. The van der Waals surface area contributed by atoms with Crippen molar-refractivity contribution in [2.45, 2.75) is 18.7 Å². The Morgan fingerprint density at radius 1 is 1.32 bits per heavy atom. The maximum atomic E-state index is 12.6. The fourth-order valence-corrected chi connectivity index (χ4v) is 2.87. The molecule has 2 aromatic rings. The Bertz CT molecular complexity index is 820. The van der Waals surface area contributed by atoms with Crippen LogP contribution in [0.1, 0.15) is 17.5 Å². The monoisotopic (exact) mass is 367 g/mol. The van der Waals surface area contributed by atoms with E-state index < -0.39 is 11.7 Å². The lowest BCUT2D eigenvalue weighted by atomic mass is 10.2. The summed E-state index contributed by atoms with van der Waals surface area (Å²) in [5, 5.41) is 8.80. The summed E-state index contributed by atoms with van der Waals surface area (Å²) >= 11 is 5.87. The van der Waals surface area contributed by atoms with Gasteiger partial charge in [0.2, 0.25) is 5.88 Å². The summed E-state index contributed by atoms with van der Waals surface area (Å²) in [7, 11) is 0. The number of pyridine rings is 1. The molecule has 1 aromatic heterocycles. The van der Waals surface area contributed by atoms with Crippen LogP contribution in [0.2, 0.25) is 5.02 Å². The van der Waals surface area contributed by atoms with Crippen LogP contribution >= 0.6 is 11.6 Å². The van der Waals surface area contributed by atoms with Crippen molar-refractivity contribution >= 4 is 17.3 Å². The minimum absolute atomic E-state index is 0.00714. The van der Waals surface area contributed by atoms with Crippen molar-refractivity contribution in [1.82, 2.24) is 4.98 Å². The molecule has 1 aliphatic heterocycles. The molecule has 1 aromatic carbocycles. The molecular weight excluding hydrogens is 355 g/mol. The zero-order valence-corrected chi connectivity index (χ0v) is 13.7. The number of hydrogen-bond acceptors (Lipinski definition) is 4. The second kappa shape index (κ2) is 6.81. The fourth-order valence-electron chi connectivity index (χ4n) is 2.66. The largest absolute Gasteiger partial charge is 0.471 e. The van der Waals surface area contributed by atoms with Gasteiger partial charge in [-0.15, -0.1) is 0 Å². The SMILES string of the molecule is N#Cc1cccc(N2CCC(Oc3ncc(C(F)(F)F)cc3Cl)C2)c1. The third kappa shape index (κ3) is 3.97. The maximum absolute atomic E-state index is 12.6. The zero-order valence-electron chi connectivity index (χ0n) is 12.9. The summed E-state index contributed by atoms with van der Waals surface area (Å²) in [5.41, 5.74) is 0.553. The number of rotatable bonds is 3. The highest BCUT2D eigenvalue weighted by molar-refractivity contribution is 6.31. The molecule has 1 saturated heterocycles. The first kappa shape index (κ1) is 17.4. The standard InChI is InChI=1S/C17H13ClF3N3O/c18-15-7-12(17(19,20)21)9-23-16(15)25-14-4-5-24(10-14)13-3-1-2-11(6-13)8-22/h1-3,6-7,9,14H,4-5,10H2. The maximum Gasteiger partial charge on any atom is 0.417 e. The normalized spacial score (nSPS) is 17.4. The molecule has 8 heteroatoms. The van der Waals surface area contributed by atoms with E-state index in [9.17, 15) is 13.2 Å². The Morgan fingerprint density at radius 3 is 2.80 bits per heavy atom. The van der Waals surface area contributed by atoms with Crippen LogP contribution < -0.4 is 9.64 Å². The van der Waals surface area contributed by atoms with Gasteiger partial charge in [-0.05, 0) is 24.3 Å². The Kier molecular flexibility index (Phi) is 4.73. The molecule has 0 radical (unpaired) electrons. The highest BCUT2D eigenvalue weighted by Gasteiger charge is 2.32. The molecule has 0 amide bonds. The Balaban J connectivity index is 1.68. The first-order valence-electron chi connectivity index (χ1n) is 7.51. The Morgan fingerprint density at radius 2 is 2.12 bits per heavy atom. The first-order chi connectivity index (χ1) is 11.9. The van der Waals surface area contributed by atoms with Gasteiger partial charge in [0.15, 0.2) is 0 Å². The number of nitriles is 1. The molecule has 130 valence electrons. The number of anilines is 1. The third-order valence-corrected chi connectivity index (χ3v) is 4.17. The molecule has 0 bridgehead atoms. The Labute approximate surface area is 147 Å². The third-order valence-electron chi connectivity index (χ3n) is 3.90. The summed E-state index contributed by atoms with van der Waals surface area (Å²) < 4.78 is 43.6. The molecule has 1 aliphatic rings. The zero-order chi connectivity index (χ0) is 18.0. The van der Waals surface area contributed by atoms with Gasteiger partial charge in [-0.1, -0.05) is 17.7 Å². The number of hydrogen-bond donors (Lipinski definition) is 0. The first-order valence-corrected chi connectivity index (χ1v) is 7.89. The number of alkyl halides is 3. The molecule has 25 heavy (non-hydrogen) atoms. The quantitative estimate of drug-likeness (QED) is 0.812. The minimum atomic E-state index is -4.49.